The summed E-state index contributed by atoms with van der Waals surface area (Å²) < 4.78 is 18.1. The molecule has 9 heteroatoms. The first-order valence-electron chi connectivity index (χ1n) is 8.94. The van der Waals surface area contributed by atoms with Crippen molar-refractivity contribution in [3.8, 4) is 0 Å². The van der Waals surface area contributed by atoms with Crippen LogP contribution in [0.3, 0.4) is 0 Å². The van der Waals surface area contributed by atoms with E-state index in [2.05, 4.69) is 15.6 Å². The number of hydrogen-bond donors (Lipinski definition) is 4. The standard InChI is InChI=1S/C17H28N3O5P/c1-13(21)18-7-3-2-4-8-26(23,24)12-15-10-19-16(11-25-15)14-5-6-17(22)20-9-14/h5-6,9,15-16,19H,2-4,7-8,10-12H2,1H3,(H,18,21)(H,20,22)(H,23,24)/t15-,16-/m1/s1. The highest BCUT2D eigenvalue weighted by Gasteiger charge is 2.29. The van der Waals surface area contributed by atoms with E-state index >= 15 is 0 Å². The second-order valence-corrected chi connectivity index (χ2v) is 9.20. The molecule has 0 aliphatic carbocycles. The summed E-state index contributed by atoms with van der Waals surface area (Å²) in [5.74, 6) is -0.0556. The van der Waals surface area contributed by atoms with Crippen LogP contribution in [-0.4, -0.2) is 53.9 Å². The van der Waals surface area contributed by atoms with Gasteiger partial charge in [-0.05, 0) is 18.4 Å². The average molecular weight is 385 g/mol. The van der Waals surface area contributed by atoms with Crippen molar-refractivity contribution in [1.82, 2.24) is 15.6 Å². The van der Waals surface area contributed by atoms with Crippen LogP contribution in [0.5, 0.6) is 0 Å². The molecule has 1 saturated heterocycles. The summed E-state index contributed by atoms with van der Waals surface area (Å²) in [6.45, 7) is 2.97. The molecule has 2 rings (SSSR count). The van der Waals surface area contributed by atoms with E-state index < -0.39 is 7.37 Å². The zero-order valence-electron chi connectivity index (χ0n) is 15.1. The largest absolute Gasteiger partial charge is 0.374 e. The number of aromatic amines is 1. The minimum absolute atomic E-state index is 0.0324. The van der Waals surface area contributed by atoms with Crippen LogP contribution in [-0.2, 0) is 14.1 Å². The van der Waals surface area contributed by atoms with Gasteiger partial charge in [-0.3, -0.25) is 14.2 Å². The molecule has 0 aromatic carbocycles. The SMILES string of the molecule is CC(=O)NCCCCCP(=O)(O)C[C@H]1CN[C@@H](c2ccc(=O)[nH]c2)CO1. The number of amides is 1. The molecule has 0 radical (unpaired) electrons. The van der Waals surface area contributed by atoms with Gasteiger partial charge < -0.3 is 25.2 Å². The van der Waals surface area contributed by atoms with Crippen molar-refractivity contribution in [1.29, 1.82) is 0 Å². The number of pyridine rings is 1. The lowest BCUT2D eigenvalue weighted by atomic mass is 10.1. The maximum atomic E-state index is 12.4. The first-order chi connectivity index (χ1) is 12.4. The molecule has 1 aromatic heterocycles. The lowest BCUT2D eigenvalue weighted by molar-refractivity contribution is -0.118. The van der Waals surface area contributed by atoms with Crippen molar-refractivity contribution in [3.63, 3.8) is 0 Å². The Morgan fingerprint density at radius 2 is 2.19 bits per heavy atom. The quantitative estimate of drug-likeness (QED) is 0.372. The van der Waals surface area contributed by atoms with E-state index in [4.69, 9.17) is 4.74 Å². The van der Waals surface area contributed by atoms with Gasteiger partial charge in [0.05, 0.1) is 24.9 Å². The zero-order chi connectivity index (χ0) is 19.0. The summed E-state index contributed by atoms with van der Waals surface area (Å²) in [6, 6.07) is 3.18. The molecule has 1 aliphatic heterocycles. The Labute approximate surface area is 153 Å². The topological polar surface area (TPSA) is 121 Å². The lowest BCUT2D eigenvalue weighted by Crippen LogP contribution is -2.43. The molecular formula is C17H28N3O5P. The van der Waals surface area contributed by atoms with E-state index in [1.807, 2.05) is 0 Å². The fraction of sp³-hybridized carbons (Fsp3) is 0.647. The molecule has 0 saturated carbocycles. The predicted octanol–water partition coefficient (Wildman–Crippen LogP) is 0.981. The van der Waals surface area contributed by atoms with Gasteiger partial charge in [-0.15, -0.1) is 0 Å². The van der Waals surface area contributed by atoms with E-state index in [1.165, 1.54) is 13.0 Å². The molecule has 26 heavy (non-hydrogen) atoms. The molecule has 146 valence electrons. The Balaban J connectivity index is 1.67. The summed E-state index contributed by atoms with van der Waals surface area (Å²) in [5, 5.41) is 6.01. The second kappa shape index (κ2) is 10.0. The second-order valence-electron chi connectivity index (χ2n) is 6.70. The zero-order valence-corrected chi connectivity index (χ0v) is 16.0. The number of carbonyl (C=O) groups is 1. The van der Waals surface area contributed by atoms with E-state index in [-0.39, 0.29) is 35.9 Å². The normalized spacial score (nSPS) is 22.5. The Hall–Kier alpha value is -1.47. The van der Waals surface area contributed by atoms with Gasteiger partial charge in [-0.25, -0.2) is 0 Å². The van der Waals surface area contributed by atoms with Crippen LogP contribution >= 0.6 is 7.37 Å². The van der Waals surface area contributed by atoms with Crippen molar-refractivity contribution in [2.45, 2.75) is 38.3 Å². The van der Waals surface area contributed by atoms with Gasteiger partial charge in [0.1, 0.15) is 0 Å². The van der Waals surface area contributed by atoms with Gasteiger partial charge in [0, 0.05) is 38.4 Å². The summed E-state index contributed by atoms with van der Waals surface area (Å²) in [4.78, 5) is 34.7. The Morgan fingerprint density at radius 3 is 2.81 bits per heavy atom. The Kier molecular flexibility index (Phi) is 8.03. The maximum Gasteiger partial charge on any atom is 0.247 e. The third kappa shape index (κ3) is 7.41. The number of nitrogens with one attached hydrogen (secondary N) is 3. The maximum absolute atomic E-state index is 12.4. The van der Waals surface area contributed by atoms with Crippen LogP contribution in [0.25, 0.3) is 0 Å². The molecule has 1 amide bonds. The van der Waals surface area contributed by atoms with Crippen LogP contribution in [0.1, 0.15) is 37.8 Å². The summed E-state index contributed by atoms with van der Waals surface area (Å²) in [7, 11) is -3.23. The third-order valence-electron chi connectivity index (χ3n) is 4.35. The van der Waals surface area contributed by atoms with Crippen LogP contribution in [0.4, 0.5) is 0 Å². The smallest absolute Gasteiger partial charge is 0.247 e. The van der Waals surface area contributed by atoms with Crippen molar-refractivity contribution >= 4 is 13.3 Å². The van der Waals surface area contributed by atoms with Gasteiger partial charge in [0.15, 0.2) is 0 Å². The monoisotopic (exact) mass is 385 g/mol. The lowest BCUT2D eigenvalue weighted by Gasteiger charge is -2.31. The number of H-pyrrole nitrogens is 1. The highest BCUT2D eigenvalue weighted by Crippen LogP contribution is 2.43. The van der Waals surface area contributed by atoms with Crippen LogP contribution in [0.15, 0.2) is 23.1 Å². The number of hydrogen-bond acceptors (Lipinski definition) is 5. The average Bonchev–Trinajstić information content (AvgIpc) is 2.59. The van der Waals surface area contributed by atoms with Crippen molar-refractivity contribution in [2.75, 3.05) is 32.0 Å². The molecule has 1 aromatic rings. The molecule has 3 atom stereocenters. The highest BCUT2D eigenvalue weighted by atomic mass is 31.2. The van der Waals surface area contributed by atoms with Gasteiger partial charge in [-0.1, -0.05) is 12.5 Å². The number of ether oxygens (including phenoxy) is 1. The minimum atomic E-state index is -3.23. The molecule has 4 N–H and O–H groups in total. The van der Waals surface area contributed by atoms with Gasteiger partial charge in [-0.2, -0.15) is 0 Å². The minimum Gasteiger partial charge on any atom is -0.374 e. The summed E-state index contributed by atoms with van der Waals surface area (Å²) in [5.41, 5.74) is 0.774. The van der Waals surface area contributed by atoms with E-state index in [0.29, 0.717) is 26.1 Å². The number of aromatic nitrogens is 1. The third-order valence-corrected chi connectivity index (χ3v) is 6.34. The number of unbranched alkanes of at least 4 members (excludes halogenated alkanes) is 2. The number of carbonyl (C=O) groups excluding carboxylic acids is 1. The molecular weight excluding hydrogens is 357 g/mol. The molecule has 1 fully saturated rings. The first-order valence-corrected chi connectivity index (χ1v) is 11.0. The molecule has 0 bridgehead atoms. The van der Waals surface area contributed by atoms with Crippen LogP contribution in [0, 0.1) is 0 Å². The van der Waals surface area contributed by atoms with Crippen LogP contribution in [0.2, 0.25) is 0 Å². The first kappa shape index (κ1) is 20.8. The van der Waals surface area contributed by atoms with Crippen molar-refractivity contribution in [3.05, 3.63) is 34.2 Å². The fourth-order valence-corrected chi connectivity index (χ4v) is 4.70. The van der Waals surface area contributed by atoms with E-state index in [1.54, 1.807) is 12.3 Å². The van der Waals surface area contributed by atoms with Crippen molar-refractivity contribution < 1.29 is 19.0 Å². The summed E-state index contributed by atoms with van der Waals surface area (Å²) in [6.07, 6.45) is 4.06. The van der Waals surface area contributed by atoms with Gasteiger partial charge in [0.25, 0.3) is 0 Å². The number of rotatable bonds is 9. The van der Waals surface area contributed by atoms with E-state index in [0.717, 1.165) is 18.4 Å². The number of morpholine rings is 1. The molecule has 1 aliphatic rings. The fourth-order valence-electron chi connectivity index (χ4n) is 2.93. The molecule has 0 spiro atoms. The highest BCUT2D eigenvalue weighted by molar-refractivity contribution is 7.58. The Bertz CT molecular complexity index is 665. The molecule has 1 unspecified atom stereocenters. The van der Waals surface area contributed by atoms with E-state index in [9.17, 15) is 19.0 Å². The van der Waals surface area contributed by atoms with Gasteiger partial charge >= 0.3 is 0 Å². The summed E-state index contributed by atoms with van der Waals surface area (Å²) >= 11 is 0. The van der Waals surface area contributed by atoms with Gasteiger partial charge in [0.2, 0.25) is 18.8 Å². The predicted molar refractivity (Wildman–Crippen MR) is 99.6 cm³/mol. The van der Waals surface area contributed by atoms with Crippen LogP contribution < -0.4 is 16.2 Å². The van der Waals surface area contributed by atoms with Crippen molar-refractivity contribution in [2.24, 2.45) is 0 Å². The Morgan fingerprint density at radius 1 is 1.38 bits per heavy atom. The molecule has 2 heterocycles. The molecule has 8 nitrogen and oxygen atoms in total.